The van der Waals surface area contributed by atoms with Crippen molar-refractivity contribution in [3.63, 3.8) is 0 Å². The molecule has 0 saturated carbocycles. The van der Waals surface area contributed by atoms with Crippen LogP contribution in [0, 0.1) is 11.8 Å². The van der Waals surface area contributed by atoms with E-state index in [2.05, 4.69) is 0 Å². The SMILES string of the molecule is CC1C(O)CC(C(CC(=O)O)C(=O)O)N(C)C1(C)C. The molecule has 1 rings (SSSR count). The molecule has 6 heteroatoms. The monoisotopic (exact) mass is 273 g/mol. The molecule has 6 nitrogen and oxygen atoms in total. The van der Waals surface area contributed by atoms with Gasteiger partial charge in [0.1, 0.15) is 0 Å². The van der Waals surface area contributed by atoms with Crippen LogP contribution >= 0.6 is 0 Å². The maximum Gasteiger partial charge on any atom is 0.308 e. The minimum atomic E-state index is -1.13. The molecule has 4 unspecified atom stereocenters. The highest BCUT2D eigenvalue weighted by Gasteiger charge is 2.48. The Morgan fingerprint density at radius 2 is 1.89 bits per heavy atom. The summed E-state index contributed by atoms with van der Waals surface area (Å²) in [5.74, 6) is -3.28. The zero-order valence-corrected chi connectivity index (χ0v) is 11.8. The second-order valence-electron chi connectivity index (χ2n) is 5.97. The van der Waals surface area contributed by atoms with Gasteiger partial charge in [0.05, 0.1) is 18.4 Å². The van der Waals surface area contributed by atoms with E-state index in [1.165, 1.54) is 0 Å². The fraction of sp³-hybridized carbons (Fsp3) is 0.846. The van der Waals surface area contributed by atoms with Gasteiger partial charge in [0.2, 0.25) is 0 Å². The summed E-state index contributed by atoms with van der Waals surface area (Å²) < 4.78 is 0. The van der Waals surface area contributed by atoms with Crippen LogP contribution < -0.4 is 0 Å². The number of nitrogens with zero attached hydrogens (tertiary/aromatic N) is 1. The highest BCUT2D eigenvalue weighted by molar-refractivity contribution is 5.78. The van der Waals surface area contributed by atoms with Gasteiger partial charge in [-0.25, -0.2) is 0 Å². The highest BCUT2D eigenvalue weighted by atomic mass is 16.4. The largest absolute Gasteiger partial charge is 0.481 e. The summed E-state index contributed by atoms with van der Waals surface area (Å²) in [5.41, 5.74) is -0.380. The van der Waals surface area contributed by atoms with E-state index < -0.39 is 36.4 Å². The van der Waals surface area contributed by atoms with Crippen LogP contribution in [0.5, 0.6) is 0 Å². The number of carbonyl (C=O) groups is 2. The van der Waals surface area contributed by atoms with E-state index in [1.807, 2.05) is 25.7 Å². The van der Waals surface area contributed by atoms with E-state index in [0.717, 1.165) is 0 Å². The van der Waals surface area contributed by atoms with Crippen LogP contribution in [0.4, 0.5) is 0 Å². The van der Waals surface area contributed by atoms with Crippen LogP contribution in [-0.4, -0.2) is 56.9 Å². The normalized spacial score (nSPS) is 32.8. The second-order valence-corrected chi connectivity index (χ2v) is 5.97. The van der Waals surface area contributed by atoms with Crippen molar-refractivity contribution < 1.29 is 24.9 Å². The number of carboxylic acid groups (broad SMARTS) is 2. The first kappa shape index (κ1) is 15.9. The third kappa shape index (κ3) is 3.06. The minimum Gasteiger partial charge on any atom is -0.481 e. The summed E-state index contributed by atoms with van der Waals surface area (Å²) >= 11 is 0. The van der Waals surface area contributed by atoms with Crippen LogP contribution in [0.25, 0.3) is 0 Å². The fourth-order valence-corrected chi connectivity index (χ4v) is 2.84. The number of hydrogen-bond acceptors (Lipinski definition) is 4. The van der Waals surface area contributed by atoms with Crippen LogP contribution in [0.15, 0.2) is 0 Å². The molecule has 1 aliphatic rings. The lowest BCUT2D eigenvalue weighted by Crippen LogP contribution is -2.62. The number of carboxylic acids is 2. The molecule has 0 aromatic carbocycles. The Bertz CT molecular complexity index is 368. The van der Waals surface area contributed by atoms with Crippen LogP contribution in [0.3, 0.4) is 0 Å². The minimum absolute atomic E-state index is 0.00646. The van der Waals surface area contributed by atoms with Gasteiger partial charge in [0.25, 0.3) is 0 Å². The van der Waals surface area contributed by atoms with Gasteiger partial charge in [0, 0.05) is 11.6 Å². The zero-order chi connectivity index (χ0) is 15.0. The van der Waals surface area contributed by atoms with Gasteiger partial charge in [0.15, 0.2) is 0 Å². The van der Waals surface area contributed by atoms with Crippen molar-refractivity contribution in [1.82, 2.24) is 4.90 Å². The molecule has 3 N–H and O–H groups in total. The number of aliphatic carboxylic acids is 2. The molecular weight excluding hydrogens is 250 g/mol. The number of aliphatic hydroxyl groups is 1. The molecule has 19 heavy (non-hydrogen) atoms. The van der Waals surface area contributed by atoms with Gasteiger partial charge in [-0.15, -0.1) is 0 Å². The predicted molar refractivity (Wildman–Crippen MR) is 68.8 cm³/mol. The van der Waals surface area contributed by atoms with Crippen molar-refractivity contribution in [3.05, 3.63) is 0 Å². The molecule has 0 amide bonds. The molecule has 1 aliphatic heterocycles. The van der Waals surface area contributed by atoms with Gasteiger partial charge in [-0.1, -0.05) is 6.92 Å². The molecule has 0 radical (unpaired) electrons. The van der Waals surface area contributed by atoms with E-state index in [-0.39, 0.29) is 17.9 Å². The number of hydrogen-bond donors (Lipinski definition) is 3. The Hall–Kier alpha value is -1.14. The second kappa shape index (κ2) is 5.46. The van der Waals surface area contributed by atoms with Gasteiger partial charge >= 0.3 is 11.9 Å². The summed E-state index contributed by atoms with van der Waals surface area (Å²) in [7, 11) is 1.80. The average Bonchev–Trinajstić information content (AvgIpc) is 2.29. The number of rotatable bonds is 4. The first-order valence-electron chi connectivity index (χ1n) is 6.44. The summed E-state index contributed by atoms with van der Waals surface area (Å²) in [6.07, 6.45) is -0.765. The van der Waals surface area contributed by atoms with Crippen molar-refractivity contribution in [2.45, 2.75) is 51.3 Å². The Morgan fingerprint density at radius 1 is 1.37 bits per heavy atom. The van der Waals surface area contributed by atoms with E-state index in [1.54, 1.807) is 7.05 Å². The Balaban J connectivity index is 3.03. The lowest BCUT2D eigenvalue weighted by molar-refractivity contribution is -0.156. The first-order chi connectivity index (χ1) is 8.59. The van der Waals surface area contributed by atoms with Crippen molar-refractivity contribution >= 4 is 11.9 Å². The molecule has 0 spiro atoms. The van der Waals surface area contributed by atoms with Crippen molar-refractivity contribution in [2.24, 2.45) is 11.8 Å². The third-order valence-corrected chi connectivity index (χ3v) is 4.76. The van der Waals surface area contributed by atoms with E-state index in [0.29, 0.717) is 0 Å². The standard InChI is InChI=1S/C13H23NO5/c1-7-10(15)6-9(14(4)13(7,2)3)8(12(18)19)5-11(16)17/h7-10,15H,5-6H2,1-4H3,(H,16,17)(H,18,19). The van der Waals surface area contributed by atoms with E-state index in [4.69, 9.17) is 5.11 Å². The molecule has 0 bridgehead atoms. The molecule has 1 heterocycles. The lowest BCUT2D eigenvalue weighted by Gasteiger charge is -2.53. The summed E-state index contributed by atoms with van der Waals surface area (Å²) in [6.45, 7) is 5.80. The van der Waals surface area contributed by atoms with Crippen molar-refractivity contribution in [2.75, 3.05) is 7.05 Å². The number of aliphatic hydroxyl groups excluding tert-OH is 1. The fourth-order valence-electron chi connectivity index (χ4n) is 2.84. The smallest absolute Gasteiger partial charge is 0.308 e. The Labute approximate surface area is 113 Å². The number of piperidine rings is 1. The molecule has 110 valence electrons. The Kier molecular flexibility index (Phi) is 4.58. The van der Waals surface area contributed by atoms with Gasteiger partial charge < -0.3 is 15.3 Å². The van der Waals surface area contributed by atoms with Gasteiger partial charge in [-0.05, 0) is 33.2 Å². The van der Waals surface area contributed by atoms with E-state index in [9.17, 15) is 19.8 Å². The van der Waals surface area contributed by atoms with Crippen LogP contribution in [-0.2, 0) is 9.59 Å². The van der Waals surface area contributed by atoms with Crippen LogP contribution in [0.1, 0.15) is 33.6 Å². The Morgan fingerprint density at radius 3 is 2.32 bits per heavy atom. The molecule has 0 aliphatic carbocycles. The maximum absolute atomic E-state index is 11.3. The summed E-state index contributed by atoms with van der Waals surface area (Å²) in [4.78, 5) is 24.0. The van der Waals surface area contributed by atoms with Gasteiger partial charge in [-0.3, -0.25) is 14.5 Å². The topological polar surface area (TPSA) is 98.1 Å². The molecular formula is C13H23NO5. The molecule has 1 saturated heterocycles. The quantitative estimate of drug-likeness (QED) is 0.695. The average molecular weight is 273 g/mol. The third-order valence-electron chi connectivity index (χ3n) is 4.76. The maximum atomic E-state index is 11.3. The highest BCUT2D eigenvalue weighted by Crippen LogP contribution is 2.38. The van der Waals surface area contributed by atoms with Gasteiger partial charge in [-0.2, -0.15) is 0 Å². The van der Waals surface area contributed by atoms with Crippen molar-refractivity contribution in [1.29, 1.82) is 0 Å². The summed E-state index contributed by atoms with van der Waals surface area (Å²) in [5, 5.41) is 28.2. The van der Waals surface area contributed by atoms with Crippen LogP contribution in [0.2, 0.25) is 0 Å². The molecule has 0 aromatic rings. The van der Waals surface area contributed by atoms with E-state index >= 15 is 0 Å². The zero-order valence-electron chi connectivity index (χ0n) is 11.8. The molecule has 1 fully saturated rings. The first-order valence-corrected chi connectivity index (χ1v) is 6.44. The van der Waals surface area contributed by atoms with Crippen molar-refractivity contribution in [3.8, 4) is 0 Å². The molecule has 0 aromatic heterocycles. The lowest BCUT2D eigenvalue weighted by atomic mass is 9.73. The molecule has 4 atom stereocenters. The summed E-state index contributed by atoms with van der Waals surface area (Å²) in [6, 6.07) is -0.477. The number of likely N-dealkylation sites (tertiary alicyclic amines) is 1. The predicted octanol–water partition coefficient (Wildman–Crippen LogP) is 0.642.